The predicted molar refractivity (Wildman–Crippen MR) is 122 cm³/mol. The van der Waals surface area contributed by atoms with Crippen molar-refractivity contribution in [2.24, 2.45) is 0 Å². The summed E-state index contributed by atoms with van der Waals surface area (Å²) in [6.45, 7) is 2.80. The molecular weight excluding hydrogens is 419 g/mol. The molecule has 1 heterocycles. The Morgan fingerprint density at radius 2 is 1.50 bits per heavy atom. The number of piperazine rings is 1. The number of carbonyl (C=O) groups is 1. The number of benzene rings is 3. The second kappa shape index (κ2) is 9.54. The first kappa shape index (κ1) is 20.8. The summed E-state index contributed by atoms with van der Waals surface area (Å²) < 4.78 is 13.1. The minimum absolute atomic E-state index is 0.0608. The lowest BCUT2D eigenvalue weighted by Crippen LogP contribution is -2.48. The number of hydrogen-bond acceptors (Lipinski definition) is 3. The van der Waals surface area contributed by atoms with Crippen LogP contribution in [-0.4, -0.2) is 37.0 Å². The van der Waals surface area contributed by atoms with Gasteiger partial charge in [-0.2, -0.15) is 0 Å². The molecule has 0 atom stereocenters. The highest BCUT2D eigenvalue weighted by Gasteiger charge is 2.22. The number of thioether (sulfide) groups is 1. The van der Waals surface area contributed by atoms with Gasteiger partial charge in [-0.1, -0.05) is 23.7 Å². The third-order valence-electron chi connectivity index (χ3n) is 5.18. The van der Waals surface area contributed by atoms with Crippen molar-refractivity contribution in [2.45, 2.75) is 10.6 Å². The molecule has 0 aliphatic carbocycles. The van der Waals surface area contributed by atoms with E-state index in [9.17, 15) is 9.18 Å². The molecule has 0 spiro atoms. The van der Waals surface area contributed by atoms with Gasteiger partial charge in [-0.3, -0.25) is 4.79 Å². The smallest absolute Gasteiger partial charge is 0.253 e. The van der Waals surface area contributed by atoms with Gasteiger partial charge in [-0.05, 0) is 66.2 Å². The Morgan fingerprint density at radius 3 is 2.13 bits per heavy atom. The number of anilines is 1. The van der Waals surface area contributed by atoms with Gasteiger partial charge >= 0.3 is 0 Å². The van der Waals surface area contributed by atoms with E-state index >= 15 is 0 Å². The summed E-state index contributed by atoms with van der Waals surface area (Å²) in [4.78, 5) is 18.1. The average Bonchev–Trinajstić information content (AvgIpc) is 2.79. The van der Waals surface area contributed by atoms with Crippen LogP contribution < -0.4 is 4.90 Å². The first-order valence-electron chi connectivity index (χ1n) is 9.85. The summed E-state index contributed by atoms with van der Waals surface area (Å²) in [6.07, 6.45) is 0. The number of hydrogen-bond donors (Lipinski definition) is 0. The molecule has 1 aliphatic heterocycles. The second-order valence-electron chi connectivity index (χ2n) is 7.20. The van der Waals surface area contributed by atoms with Crippen molar-refractivity contribution in [3.63, 3.8) is 0 Å². The summed E-state index contributed by atoms with van der Waals surface area (Å²) in [7, 11) is 0. The van der Waals surface area contributed by atoms with Crippen LogP contribution in [0.15, 0.2) is 77.7 Å². The molecule has 154 valence electrons. The Balaban J connectivity index is 1.30. The van der Waals surface area contributed by atoms with E-state index in [0.29, 0.717) is 18.7 Å². The zero-order valence-corrected chi connectivity index (χ0v) is 18.0. The average molecular weight is 441 g/mol. The van der Waals surface area contributed by atoms with Crippen molar-refractivity contribution < 1.29 is 9.18 Å². The molecule has 0 N–H and O–H groups in total. The fraction of sp³-hybridized carbons (Fsp3) is 0.208. The molecule has 3 nitrogen and oxygen atoms in total. The van der Waals surface area contributed by atoms with Crippen molar-refractivity contribution in [2.75, 3.05) is 31.1 Å². The van der Waals surface area contributed by atoms with Crippen LogP contribution in [0.5, 0.6) is 0 Å². The lowest BCUT2D eigenvalue weighted by atomic mass is 10.1. The molecule has 3 aromatic carbocycles. The molecule has 0 unspecified atom stereocenters. The first-order valence-corrected chi connectivity index (χ1v) is 11.2. The Bertz CT molecular complexity index is 985. The molecule has 1 saturated heterocycles. The number of amides is 1. The van der Waals surface area contributed by atoms with Gasteiger partial charge in [0.2, 0.25) is 0 Å². The Hall–Kier alpha value is -2.50. The number of rotatable bonds is 5. The molecule has 0 saturated carbocycles. The van der Waals surface area contributed by atoms with Gasteiger partial charge in [-0.25, -0.2) is 4.39 Å². The van der Waals surface area contributed by atoms with E-state index in [1.165, 1.54) is 22.6 Å². The maximum Gasteiger partial charge on any atom is 0.253 e. The van der Waals surface area contributed by atoms with Crippen LogP contribution in [0.2, 0.25) is 5.02 Å². The van der Waals surface area contributed by atoms with Crippen molar-refractivity contribution in [3.05, 3.63) is 94.8 Å². The first-order chi connectivity index (χ1) is 14.6. The highest BCUT2D eigenvalue weighted by atomic mass is 35.5. The van der Waals surface area contributed by atoms with E-state index in [1.807, 2.05) is 53.4 Å². The van der Waals surface area contributed by atoms with E-state index < -0.39 is 0 Å². The summed E-state index contributed by atoms with van der Waals surface area (Å²) in [6, 6.07) is 22.2. The summed E-state index contributed by atoms with van der Waals surface area (Å²) in [5.74, 6) is 0.667. The van der Waals surface area contributed by atoms with Crippen LogP contribution in [0, 0.1) is 5.82 Å². The molecule has 0 radical (unpaired) electrons. The second-order valence-corrected chi connectivity index (χ2v) is 8.68. The van der Waals surface area contributed by atoms with Crippen molar-refractivity contribution >= 4 is 35.0 Å². The molecule has 30 heavy (non-hydrogen) atoms. The van der Waals surface area contributed by atoms with E-state index in [0.717, 1.165) is 29.6 Å². The van der Waals surface area contributed by atoms with Gasteiger partial charge in [0, 0.05) is 53.1 Å². The summed E-state index contributed by atoms with van der Waals surface area (Å²) in [5, 5.41) is 0.737. The Labute approximate surface area is 185 Å². The molecule has 1 aliphatic rings. The minimum atomic E-state index is -0.234. The van der Waals surface area contributed by atoms with E-state index in [1.54, 1.807) is 23.9 Å². The predicted octanol–water partition coefficient (Wildman–Crippen LogP) is 5.73. The maximum atomic E-state index is 13.1. The standard InChI is InChI=1S/C24H22ClFN2OS/c25-20-5-11-23(12-6-20)30-17-18-1-3-19(4-2-18)24(29)28-15-13-27(14-16-28)22-9-7-21(26)8-10-22/h1-12H,13-17H2. The largest absolute Gasteiger partial charge is 0.368 e. The number of halogens is 2. The van der Waals surface area contributed by atoms with Crippen LogP contribution in [0.3, 0.4) is 0 Å². The van der Waals surface area contributed by atoms with Gasteiger partial charge in [-0.15, -0.1) is 11.8 Å². The van der Waals surface area contributed by atoms with Gasteiger partial charge in [0.25, 0.3) is 5.91 Å². The minimum Gasteiger partial charge on any atom is -0.368 e. The zero-order chi connectivity index (χ0) is 20.9. The third-order valence-corrected chi connectivity index (χ3v) is 6.51. The molecule has 4 rings (SSSR count). The molecule has 6 heteroatoms. The van der Waals surface area contributed by atoms with Crippen molar-refractivity contribution in [1.29, 1.82) is 0 Å². The van der Waals surface area contributed by atoms with E-state index in [4.69, 9.17) is 11.6 Å². The fourth-order valence-electron chi connectivity index (χ4n) is 3.44. The Morgan fingerprint density at radius 1 is 0.867 bits per heavy atom. The van der Waals surface area contributed by atoms with Gasteiger partial charge in [0.15, 0.2) is 0 Å². The van der Waals surface area contributed by atoms with Gasteiger partial charge < -0.3 is 9.80 Å². The normalized spacial score (nSPS) is 14.1. The molecule has 1 fully saturated rings. The van der Waals surface area contributed by atoms with Crippen LogP contribution in [0.25, 0.3) is 0 Å². The lowest BCUT2D eigenvalue weighted by molar-refractivity contribution is 0.0747. The third kappa shape index (κ3) is 5.15. The molecule has 0 bridgehead atoms. The van der Waals surface area contributed by atoms with Gasteiger partial charge in [0.1, 0.15) is 5.82 Å². The topological polar surface area (TPSA) is 23.6 Å². The van der Waals surface area contributed by atoms with Crippen molar-refractivity contribution in [3.8, 4) is 0 Å². The van der Waals surface area contributed by atoms with E-state index in [2.05, 4.69) is 4.90 Å². The number of nitrogens with zero attached hydrogens (tertiary/aromatic N) is 2. The molecular formula is C24H22ClFN2OS. The number of carbonyl (C=O) groups excluding carboxylic acids is 1. The fourth-order valence-corrected chi connectivity index (χ4v) is 4.42. The van der Waals surface area contributed by atoms with Crippen LogP contribution in [-0.2, 0) is 5.75 Å². The molecule has 3 aromatic rings. The highest BCUT2D eigenvalue weighted by Crippen LogP contribution is 2.25. The zero-order valence-electron chi connectivity index (χ0n) is 16.4. The quantitative estimate of drug-likeness (QED) is 0.473. The van der Waals surface area contributed by atoms with Crippen LogP contribution >= 0.6 is 23.4 Å². The highest BCUT2D eigenvalue weighted by molar-refractivity contribution is 7.98. The molecule has 0 aromatic heterocycles. The summed E-state index contributed by atoms with van der Waals surface area (Å²) in [5.41, 5.74) is 2.88. The van der Waals surface area contributed by atoms with Crippen LogP contribution in [0.4, 0.5) is 10.1 Å². The van der Waals surface area contributed by atoms with Crippen LogP contribution in [0.1, 0.15) is 15.9 Å². The van der Waals surface area contributed by atoms with E-state index in [-0.39, 0.29) is 11.7 Å². The molecule has 1 amide bonds. The maximum absolute atomic E-state index is 13.1. The SMILES string of the molecule is O=C(c1ccc(CSc2ccc(Cl)cc2)cc1)N1CCN(c2ccc(F)cc2)CC1. The van der Waals surface area contributed by atoms with Gasteiger partial charge in [0.05, 0.1) is 0 Å². The lowest BCUT2D eigenvalue weighted by Gasteiger charge is -2.36. The van der Waals surface area contributed by atoms with Crippen molar-refractivity contribution in [1.82, 2.24) is 4.90 Å². The summed E-state index contributed by atoms with van der Waals surface area (Å²) >= 11 is 7.66. The Kier molecular flexibility index (Phi) is 6.60. The monoisotopic (exact) mass is 440 g/mol.